The lowest BCUT2D eigenvalue weighted by Crippen LogP contribution is -1.98. The molecule has 0 radical (unpaired) electrons. The van der Waals surface area contributed by atoms with Gasteiger partial charge in [0.25, 0.3) is 0 Å². The minimum Gasteiger partial charge on any atom is -0.204 e. The molecule has 0 saturated carbocycles. The number of hydrogen-bond acceptors (Lipinski definition) is 0. The van der Waals surface area contributed by atoms with E-state index in [0.717, 1.165) is 0 Å². The van der Waals surface area contributed by atoms with E-state index in [2.05, 4.69) is 6.58 Å². The van der Waals surface area contributed by atoms with Crippen molar-refractivity contribution in [2.24, 2.45) is 0 Å². The zero-order valence-corrected chi connectivity index (χ0v) is 7.25. The van der Waals surface area contributed by atoms with Crippen LogP contribution in [0.2, 0.25) is 0 Å². The third kappa shape index (κ3) is 2.83. The van der Waals surface area contributed by atoms with Crippen LogP contribution in [-0.2, 0) is 0 Å². The van der Waals surface area contributed by atoms with Gasteiger partial charge in [0.1, 0.15) is 0 Å². The number of benzene rings is 1. The molecule has 0 aromatic heterocycles. The van der Waals surface area contributed by atoms with Gasteiger partial charge in [0, 0.05) is 6.07 Å². The fourth-order valence-corrected chi connectivity index (χ4v) is 0.544. The minimum atomic E-state index is -2.14. The van der Waals surface area contributed by atoms with E-state index in [9.17, 15) is 22.0 Å². The third-order valence-corrected chi connectivity index (χ3v) is 1.06. The minimum absolute atomic E-state index is 0.0618. The molecule has 0 aliphatic heterocycles. The summed E-state index contributed by atoms with van der Waals surface area (Å²) in [5.41, 5.74) is 0. The van der Waals surface area contributed by atoms with Crippen molar-refractivity contribution in [3.63, 3.8) is 0 Å². The Hall–Kier alpha value is -1.39. The molecule has 1 rings (SSSR count). The Kier molecular flexibility index (Phi) is 4.83. The van der Waals surface area contributed by atoms with Crippen molar-refractivity contribution in [1.29, 1.82) is 0 Å². The first-order valence-electron chi connectivity index (χ1n) is 3.51. The van der Waals surface area contributed by atoms with Crippen LogP contribution in [0.4, 0.5) is 22.0 Å². The van der Waals surface area contributed by atoms with Crippen LogP contribution in [0.5, 0.6) is 0 Å². The topological polar surface area (TPSA) is 0 Å². The van der Waals surface area contributed by atoms with Gasteiger partial charge in [0.2, 0.25) is 5.82 Å². The summed E-state index contributed by atoms with van der Waals surface area (Å²) < 4.78 is 60.0. The zero-order valence-electron chi connectivity index (χ0n) is 7.25. The summed E-state index contributed by atoms with van der Waals surface area (Å²) in [4.78, 5) is 0. The van der Waals surface area contributed by atoms with Gasteiger partial charge >= 0.3 is 0 Å². The second kappa shape index (κ2) is 5.36. The molecule has 0 amide bonds. The van der Waals surface area contributed by atoms with Crippen LogP contribution in [0, 0.1) is 29.1 Å². The van der Waals surface area contributed by atoms with Crippen LogP contribution in [0.1, 0.15) is 6.92 Å². The van der Waals surface area contributed by atoms with Crippen molar-refractivity contribution in [2.75, 3.05) is 0 Å². The zero-order chi connectivity index (χ0) is 11.3. The standard InChI is InChI=1S/C6HF5.C3H6/c7-2-1-3(8)5(10)6(11)4(2)9;1-3-2/h1H;3H,1H2,2H3. The maximum absolute atomic E-state index is 12.0. The normalized spacial score (nSPS) is 9.00. The predicted octanol–water partition coefficient (Wildman–Crippen LogP) is 3.57. The van der Waals surface area contributed by atoms with Gasteiger partial charge in [-0.25, -0.2) is 22.0 Å². The second-order valence-electron chi connectivity index (χ2n) is 2.19. The molecule has 0 unspecified atom stereocenters. The molecule has 0 fully saturated rings. The van der Waals surface area contributed by atoms with Crippen molar-refractivity contribution < 1.29 is 22.0 Å². The highest BCUT2D eigenvalue weighted by molar-refractivity contribution is 5.12. The molecule has 78 valence electrons. The van der Waals surface area contributed by atoms with Crippen molar-refractivity contribution >= 4 is 0 Å². The molecule has 0 aliphatic rings. The van der Waals surface area contributed by atoms with Gasteiger partial charge in [-0.05, 0) is 6.92 Å². The summed E-state index contributed by atoms with van der Waals surface area (Å²) in [5.74, 6) is -9.65. The molecule has 0 bridgehead atoms. The van der Waals surface area contributed by atoms with Crippen LogP contribution in [0.3, 0.4) is 0 Å². The molecule has 14 heavy (non-hydrogen) atoms. The molecule has 0 saturated heterocycles. The van der Waals surface area contributed by atoms with E-state index in [4.69, 9.17) is 0 Å². The van der Waals surface area contributed by atoms with Crippen molar-refractivity contribution in [1.82, 2.24) is 0 Å². The molecule has 0 spiro atoms. The lowest BCUT2D eigenvalue weighted by Gasteiger charge is -1.96. The maximum Gasteiger partial charge on any atom is 0.200 e. The molecule has 0 aliphatic carbocycles. The molecule has 5 heteroatoms. The summed E-state index contributed by atoms with van der Waals surface area (Å²) in [6.45, 7) is 5.25. The molecule has 1 aromatic rings. The second-order valence-corrected chi connectivity index (χ2v) is 2.19. The van der Waals surface area contributed by atoms with Crippen molar-refractivity contribution in [3.05, 3.63) is 47.8 Å². The first kappa shape index (κ1) is 12.6. The lowest BCUT2D eigenvalue weighted by molar-refractivity contribution is 0.378. The van der Waals surface area contributed by atoms with Crippen LogP contribution in [0.25, 0.3) is 0 Å². The maximum atomic E-state index is 12.0. The molecule has 0 atom stereocenters. The van der Waals surface area contributed by atoms with Gasteiger partial charge in [-0.3, -0.25) is 0 Å². The highest BCUT2D eigenvalue weighted by Crippen LogP contribution is 2.16. The summed E-state index contributed by atoms with van der Waals surface area (Å²) in [7, 11) is 0. The molecule has 0 heterocycles. The van der Waals surface area contributed by atoms with Gasteiger partial charge in [0.05, 0.1) is 0 Å². The average molecular weight is 210 g/mol. The highest BCUT2D eigenvalue weighted by atomic mass is 19.2. The quantitative estimate of drug-likeness (QED) is 0.266. The van der Waals surface area contributed by atoms with Gasteiger partial charge in [-0.2, -0.15) is 0 Å². The van der Waals surface area contributed by atoms with E-state index in [-0.39, 0.29) is 6.07 Å². The average Bonchev–Trinajstić information content (AvgIpc) is 2.13. The van der Waals surface area contributed by atoms with Crippen molar-refractivity contribution in [3.8, 4) is 0 Å². The number of rotatable bonds is 0. The Balaban J connectivity index is 0.000000500. The summed E-state index contributed by atoms with van der Waals surface area (Å²) in [6.07, 6.45) is 1.75. The van der Waals surface area contributed by atoms with Gasteiger partial charge in [-0.15, -0.1) is 6.58 Å². The van der Waals surface area contributed by atoms with Crippen LogP contribution in [0.15, 0.2) is 18.7 Å². The van der Waals surface area contributed by atoms with E-state index < -0.39 is 29.1 Å². The molecule has 0 nitrogen and oxygen atoms in total. The Morgan fingerprint density at radius 2 is 1.21 bits per heavy atom. The molecule has 1 aromatic carbocycles. The summed E-state index contributed by atoms with van der Waals surface area (Å²) >= 11 is 0. The van der Waals surface area contributed by atoms with Crippen molar-refractivity contribution in [2.45, 2.75) is 6.92 Å². The highest BCUT2D eigenvalue weighted by Gasteiger charge is 2.18. The van der Waals surface area contributed by atoms with E-state index >= 15 is 0 Å². The predicted molar refractivity (Wildman–Crippen MR) is 42.1 cm³/mol. The molecular formula is C9H7F5. The fourth-order valence-electron chi connectivity index (χ4n) is 0.544. The Morgan fingerprint density at radius 1 is 0.929 bits per heavy atom. The van der Waals surface area contributed by atoms with E-state index in [1.54, 1.807) is 6.08 Å². The number of halogens is 5. The first-order valence-corrected chi connectivity index (χ1v) is 3.51. The largest absolute Gasteiger partial charge is 0.204 e. The van der Waals surface area contributed by atoms with Crippen LogP contribution < -0.4 is 0 Å². The summed E-state index contributed by atoms with van der Waals surface area (Å²) in [6, 6.07) is -0.0618. The van der Waals surface area contributed by atoms with E-state index in [0.29, 0.717) is 0 Å². The lowest BCUT2D eigenvalue weighted by atomic mass is 10.3. The molecular weight excluding hydrogens is 203 g/mol. The van der Waals surface area contributed by atoms with Gasteiger partial charge < -0.3 is 0 Å². The number of hydrogen-bond donors (Lipinski definition) is 0. The smallest absolute Gasteiger partial charge is 0.200 e. The van der Waals surface area contributed by atoms with Crippen LogP contribution >= 0.6 is 0 Å². The Bertz CT molecular complexity index is 306. The summed E-state index contributed by atoms with van der Waals surface area (Å²) in [5, 5.41) is 0. The SMILES string of the molecule is C=CC.Fc1cc(F)c(F)c(F)c1F. The first-order chi connectivity index (χ1) is 6.45. The third-order valence-electron chi connectivity index (χ3n) is 1.06. The van der Waals surface area contributed by atoms with Crippen LogP contribution in [-0.4, -0.2) is 0 Å². The monoisotopic (exact) mass is 210 g/mol. The number of allylic oxidation sites excluding steroid dienone is 1. The Morgan fingerprint density at radius 3 is 1.50 bits per heavy atom. The van der Waals surface area contributed by atoms with E-state index in [1.165, 1.54) is 0 Å². The van der Waals surface area contributed by atoms with Gasteiger partial charge in [0.15, 0.2) is 23.3 Å². The van der Waals surface area contributed by atoms with Gasteiger partial charge in [-0.1, -0.05) is 6.08 Å². The van der Waals surface area contributed by atoms with E-state index in [1.807, 2.05) is 6.92 Å². The Labute approximate surface area is 77.7 Å². The fraction of sp³-hybridized carbons (Fsp3) is 0.111. The molecule has 0 N–H and O–H groups in total.